The van der Waals surface area contributed by atoms with Crippen LogP contribution in [0.3, 0.4) is 0 Å². The van der Waals surface area contributed by atoms with E-state index >= 15 is 0 Å². The molecule has 5 rings (SSSR count). The minimum atomic E-state index is -0.226. The zero-order chi connectivity index (χ0) is 25.1. The van der Waals surface area contributed by atoms with Crippen LogP contribution < -0.4 is 19.5 Å². The third-order valence-electron chi connectivity index (χ3n) is 6.95. The molecule has 0 saturated carbocycles. The normalized spacial score (nSPS) is 18.4. The molecule has 1 saturated heterocycles. The Morgan fingerprint density at radius 2 is 1.89 bits per heavy atom. The van der Waals surface area contributed by atoms with Gasteiger partial charge in [0.25, 0.3) is 0 Å². The molecule has 2 aliphatic rings. The van der Waals surface area contributed by atoms with E-state index in [2.05, 4.69) is 55.6 Å². The molecule has 0 radical (unpaired) electrons. The van der Waals surface area contributed by atoms with Gasteiger partial charge in [0.1, 0.15) is 30.0 Å². The predicted octanol–water partition coefficient (Wildman–Crippen LogP) is 5.33. The Balaban J connectivity index is 1.27. The summed E-state index contributed by atoms with van der Waals surface area (Å²) in [6.45, 7) is 7.14. The van der Waals surface area contributed by atoms with Crippen molar-refractivity contribution in [3.63, 3.8) is 0 Å². The molecule has 0 spiro atoms. The summed E-state index contributed by atoms with van der Waals surface area (Å²) >= 11 is 0. The summed E-state index contributed by atoms with van der Waals surface area (Å²) in [5.74, 6) is 2.26. The third kappa shape index (κ3) is 5.34. The molecule has 2 atom stereocenters. The number of hydrogen-bond donors (Lipinski definition) is 1. The number of hydrogen-bond acceptors (Lipinski definition) is 6. The fourth-order valence-corrected chi connectivity index (χ4v) is 5.15. The number of ether oxygens (including phenoxy) is 4. The second-order valence-corrected chi connectivity index (χ2v) is 9.64. The summed E-state index contributed by atoms with van der Waals surface area (Å²) in [5, 5.41) is 3.35. The minimum absolute atomic E-state index is 0.0243. The van der Waals surface area contributed by atoms with Crippen LogP contribution in [0.5, 0.6) is 17.2 Å². The summed E-state index contributed by atoms with van der Waals surface area (Å²) in [6, 6.07) is 18.6. The van der Waals surface area contributed by atoms with Crippen molar-refractivity contribution in [2.45, 2.75) is 45.3 Å². The highest BCUT2D eigenvalue weighted by atomic mass is 16.5. The van der Waals surface area contributed by atoms with Crippen molar-refractivity contribution >= 4 is 5.97 Å². The molecule has 3 aromatic rings. The molecule has 36 heavy (non-hydrogen) atoms. The summed E-state index contributed by atoms with van der Waals surface area (Å²) in [4.78, 5) is 11.7. The van der Waals surface area contributed by atoms with Crippen LogP contribution in [0.15, 0.2) is 54.6 Å². The van der Waals surface area contributed by atoms with E-state index in [1.54, 1.807) is 0 Å². The van der Waals surface area contributed by atoms with Crippen LogP contribution in [0, 0.1) is 13.8 Å². The molecule has 2 aliphatic heterocycles. The first-order valence-corrected chi connectivity index (χ1v) is 12.5. The minimum Gasteiger partial charge on any atom is -0.492 e. The number of rotatable bonds is 8. The van der Waals surface area contributed by atoms with Crippen molar-refractivity contribution in [2.24, 2.45) is 0 Å². The molecule has 188 valence electrons. The number of nitrogens with one attached hydrogen (secondary N) is 1. The van der Waals surface area contributed by atoms with E-state index in [1.165, 1.54) is 29.4 Å². The molecule has 0 bridgehead atoms. The second kappa shape index (κ2) is 10.6. The van der Waals surface area contributed by atoms with Crippen molar-refractivity contribution in [2.75, 3.05) is 26.8 Å². The monoisotopic (exact) mass is 487 g/mol. The highest BCUT2D eigenvalue weighted by molar-refractivity contribution is 5.72. The van der Waals surface area contributed by atoms with Gasteiger partial charge in [-0.25, -0.2) is 0 Å². The van der Waals surface area contributed by atoms with E-state index in [-0.39, 0.29) is 18.0 Å². The number of fused-ring (bicyclic) bond motifs is 1. The van der Waals surface area contributed by atoms with E-state index in [1.807, 2.05) is 18.2 Å². The quantitative estimate of drug-likeness (QED) is 0.434. The van der Waals surface area contributed by atoms with Crippen molar-refractivity contribution in [1.29, 1.82) is 0 Å². The highest BCUT2D eigenvalue weighted by Gasteiger charge is 2.27. The molecule has 3 aromatic carbocycles. The SMILES string of the molecule is COC(=O)C[C@@H]1COc2cc(OCc3cccc(-c4c(C)cc(O[C@H]5CCNC5)cc4C)c3)ccc21. The van der Waals surface area contributed by atoms with Crippen LogP contribution in [-0.4, -0.2) is 38.9 Å². The van der Waals surface area contributed by atoms with Crippen LogP contribution in [-0.2, 0) is 16.1 Å². The summed E-state index contributed by atoms with van der Waals surface area (Å²) in [7, 11) is 1.41. The fourth-order valence-electron chi connectivity index (χ4n) is 5.15. The van der Waals surface area contributed by atoms with Crippen molar-refractivity contribution in [3.8, 4) is 28.4 Å². The van der Waals surface area contributed by atoms with E-state index in [4.69, 9.17) is 18.9 Å². The maximum Gasteiger partial charge on any atom is 0.306 e. The molecule has 1 N–H and O–H groups in total. The van der Waals surface area contributed by atoms with Gasteiger partial charge < -0.3 is 24.3 Å². The fraction of sp³-hybridized carbons (Fsp3) is 0.367. The number of carbonyl (C=O) groups is 1. The average Bonchev–Trinajstić information content (AvgIpc) is 3.52. The Kier molecular flexibility index (Phi) is 7.14. The van der Waals surface area contributed by atoms with Gasteiger partial charge in [-0.05, 0) is 78.9 Å². The molecular weight excluding hydrogens is 454 g/mol. The molecule has 1 fully saturated rings. The van der Waals surface area contributed by atoms with Gasteiger partial charge in [-0.2, -0.15) is 0 Å². The molecule has 0 amide bonds. The predicted molar refractivity (Wildman–Crippen MR) is 139 cm³/mol. The smallest absolute Gasteiger partial charge is 0.306 e. The van der Waals surface area contributed by atoms with Crippen LogP contribution in [0.1, 0.15) is 41.0 Å². The lowest BCUT2D eigenvalue weighted by Gasteiger charge is -2.17. The van der Waals surface area contributed by atoms with Gasteiger partial charge in [0.15, 0.2) is 0 Å². The van der Waals surface area contributed by atoms with E-state index in [9.17, 15) is 4.79 Å². The number of benzene rings is 3. The molecule has 6 heteroatoms. The average molecular weight is 488 g/mol. The van der Waals surface area contributed by atoms with Crippen LogP contribution in [0.2, 0.25) is 0 Å². The molecule has 6 nitrogen and oxygen atoms in total. The van der Waals surface area contributed by atoms with Crippen LogP contribution >= 0.6 is 0 Å². The number of esters is 1. The Hall–Kier alpha value is -3.51. The van der Waals surface area contributed by atoms with Gasteiger partial charge in [-0.1, -0.05) is 24.3 Å². The van der Waals surface area contributed by atoms with Gasteiger partial charge >= 0.3 is 5.97 Å². The van der Waals surface area contributed by atoms with Crippen LogP contribution in [0.4, 0.5) is 0 Å². The number of aryl methyl sites for hydroxylation is 2. The lowest BCUT2D eigenvalue weighted by molar-refractivity contribution is -0.141. The maximum atomic E-state index is 11.7. The molecule has 0 unspecified atom stereocenters. The summed E-state index contributed by atoms with van der Waals surface area (Å²) < 4.78 is 22.9. The molecule has 0 aromatic heterocycles. The van der Waals surface area contributed by atoms with Gasteiger partial charge in [-0.3, -0.25) is 4.79 Å². The van der Waals surface area contributed by atoms with Crippen LogP contribution in [0.25, 0.3) is 11.1 Å². The molecule has 2 heterocycles. The number of methoxy groups -OCH3 is 1. The zero-order valence-corrected chi connectivity index (χ0v) is 21.1. The van der Waals surface area contributed by atoms with Crippen molar-refractivity contribution in [1.82, 2.24) is 5.32 Å². The third-order valence-corrected chi connectivity index (χ3v) is 6.95. The largest absolute Gasteiger partial charge is 0.492 e. The number of carbonyl (C=O) groups excluding carboxylic acids is 1. The summed E-state index contributed by atoms with van der Waals surface area (Å²) in [5.41, 5.74) is 6.92. The first kappa shape index (κ1) is 24.2. The van der Waals surface area contributed by atoms with Gasteiger partial charge in [0, 0.05) is 24.1 Å². The van der Waals surface area contributed by atoms with E-state index < -0.39 is 0 Å². The topological polar surface area (TPSA) is 66.0 Å². The maximum absolute atomic E-state index is 11.7. The lowest BCUT2D eigenvalue weighted by Crippen LogP contribution is -2.19. The molecule has 0 aliphatic carbocycles. The van der Waals surface area contributed by atoms with Crippen molar-refractivity contribution < 1.29 is 23.7 Å². The van der Waals surface area contributed by atoms with Gasteiger partial charge in [0.2, 0.25) is 0 Å². The Morgan fingerprint density at radius 3 is 2.64 bits per heavy atom. The lowest BCUT2D eigenvalue weighted by atomic mass is 9.94. The zero-order valence-electron chi connectivity index (χ0n) is 21.1. The van der Waals surface area contributed by atoms with E-state index in [0.29, 0.717) is 19.6 Å². The van der Waals surface area contributed by atoms with Gasteiger partial charge in [-0.15, -0.1) is 0 Å². The van der Waals surface area contributed by atoms with E-state index in [0.717, 1.165) is 47.9 Å². The Bertz CT molecular complexity index is 1220. The Labute approximate surface area is 212 Å². The molecular formula is C30H33NO5. The first-order chi connectivity index (χ1) is 17.5. The van der Waals surface area contributed by atoms with Crippen molar-refractivity contribution in [3.05, 3.63) is 76.9 Å². The standard InChI is InChI=1S/C30H33NO5/c1-19-11-26(36-25-9-10-31-16-25)12-20(2)30(19)22-6-4-5-21(13-22)17-34-24-7-8-27-23(14-29(32)33-3)18-35-28(27)15-24/h4-8,11-13,15,23,25,31H,9-10,14,16-18H2,1-3H3/t23-,25+/m1/s1. The second-order valence-electron chi connectivity index (χ2n) is 9.64. The first-order valence-electron chi connectivity index (χ1n) is 12.5. The Morgan fingerprint density at radius 1 is 1.06 bits per heavy atom. The van der Waals surface area contributed by atoms with Gasteiger partial charge in [0.05, 0.1) is 20.1 Å². The summed E-state index contributed by atoms with van der Waals surface area (Å²) in [6.07, 6.45) is 1.62. The highest BCUT2D eigenvalue weighted by Crippen LogP contribution is 2.39.